The largest absolute Gasteiger partial charge is 0.379 e. The van der Waals surface area contributed by atoms with E-state index in [0.717, 1.165) is 44.8 Å². The van der Waals surface area contributed by atoms with Crippen LogP contribution in [0.1, 0.15) is 25.7 Å². The third kappa shape index (κ3) is 2.57. The highest BCUT2D eigenvalue weighted by molar-refractivity contribution is 4.92. The van der Waals surface area contributed by atoms with Crippen LogP contribution < -0.4 is 5.73 Å². The predicted octanol–water partition coefficient (Wildman–Crippen LogP) is 0.520. The highest BCUT2D eigenvalue weighted by Gasteiger charge is 2.36. The van der Waals surface area contributed by atoms with Crippen molar-refractivity contribution in [2.24, 2.45) is 11.7 Å². The van der Waals surface area contributed by atoms with Gasteiger partial charge in [0.2, 0.25) is 0 Å². The van der Waals surface area contributed by atoms with Crippen LogP contribution in [-0.2, 0) is 4.74 Å². The van der Waals surface area contributed by atoms with Crippen LogP contribution in [-0.4, -0.2) is 67.8 Å². The number of likely N-dealkylation sites (tertiary alicyclic amines) is 1. The van der Waals surface area contributed by atoms with Crippen LogP contribution in [0.2, 0.25) is 0 Å². The summed E-state index contributed by atoms with van der Waals surface area (Å²) in [7, 11) is 0. The lowest BCUT2D eigenvalue weighted by Gasteiger charge is -2.39. The fourth-order valence-electron chi connectivity index (χ4n) is 3.77. The summed E-state index contributed by atoms with van der Waals surface area (Å²) >= 11 is 0. The normalized spacial score (nSPS) is 33.5. The van der Waals surface area contributed by atoms with Gasteiger partial charge in [-0.3, -0.25) is 9.80 Å². The monoisotopic (exact) mass is 253 g/mol. The molecule has 0 spiro atoms. The van der Waals surface area contributed by atoms with Gasteiger partial charge in [0.15, 0.2) is 0 Å². The van der Waals surface area contributed by atoms with Gasteiger partial charge in [-0.2, -0.15) is 0 Å². The molecule has 3 rings (SSSR count). The van der Waals surface area contributed by atoms with Gasteiger partial charge in [-0.05, 0) is 25.2 Å². The van der Waals surface area contributed by atoms with Crippen LogP contribution in [0.5, 0.6) is 0 Å². The van der Waals surface area contributed by atoms with Crippen molar-refractivity contribution in [1.82, 2.24) is 9.80 Å². The summed E-state index contributed by atoms with van der Waals surface area (Å²) < 4.78 is 5.44. The van der Waals surface area contributed by atoms with E-state index in [1.807, 2.05) is 0 Å². The molecule has 2 atom stereocenters. The summed E-state index contributed by atoms with van der Waals surface area (Å²) in [5, 5.41) is 0. The zero-order chi connectivity index (χ0) is 12.4. The fourth-order valence-corrected chi connectivity index (χ4v) is 3.77. The zero-order valence-electron chi connectivity index (χ0n) is 11.4. The molecule has 0 bridgehead atoms. The second-order valence-electron chi connectivity index (χ2n) is 6.08. The molecule has 0 aromatic carbocycles. The van der Waals surface area contributed by atoms with E-state index in [1.165, 1.54) is 38.8 Å². The summed E-state index contributed by atoms with van der Waals surface area (Å²) in [5.74, 6) is 0.887. The molecule has 18 heavy (non-hydrogen) atoms. The minimum absolute atomic E-state index is 0.657. The molecule has 104 valence electrons. The van der Waals surface area contributed by atoms with Gasteiger partial charge >= 0.3 is 0 Å². The molecular formula is C14H27N3O. The molecular weight excluding hydrogens is 226 g/mol. The molecule has 3 fully saturated rings. The molecule has 3 aliphatic rings. The molecule has 2 saturated heterocycles. The number of rotatable bonds is 4. The maximum absolute atomic E-state index is 6.01. The molecule has 0 radical (unpaired) electrons. The van der Waals surface area contributed by atoms with Crippen LogP contribution in [0.25, 0.3) is 0 Å². The average Bonchev–Trinajstić information content (AvgIpc) is 2.84. The maximum atomic E-state index is 6.01. The first-order chi connectivity index (χ1) is 8.88. The number of hydrogen-bond acceptors (Lipinski definition) is 4. The van der Waals surface area contributed by atoms with Crippen molar-refractivity contribution in [2.75, 3.05) is 45.9 Å². The SMILES string of the molecule is NCC(C1CCC1)N1CCC(N2CCOCC2)C1. The summed E-state index contributed by atoms with van der Waals surface area (Å²) in [6.45, 7) is 7.41. The average molecular weight is 253 g/mol. The highest BCUT2D eigenvalue weighted by atomic mass is 16.5. The van der Waals surface area contributed by atoms with Crippen molar-refractivity contribution in [3.63, 3.8) is 0 Å². The second kappa shape index (κ2) is 5.87. The Balaban J connectivity index is 1.53. The molecule has 4 heteroatoms. The molecule has 1 aliphatic carbocycles. The van der Waals surface area contributed by atoms with E-state index in [9.17, 15) is 0 Å². The van der Waals surface area contributed by atoms with E-state index in [4.69, 9.17) is 10.5 Å². The number of morpholine rings is 1. The van der Waals surface area contributed by atoms with E-state index >= 15 is 0 Å². The first-order valence-electron chi connectivity index (χ1n) is 7.64. The van der Waals surface area contributed by atoms with Crippen LogP contribution in [0.15, 0.2) is 0 Å². The molecule has 0 aromatic heterocycles. The van der Waals surface area contributed by atoms with Gasteiger partial charge < -0.3 is 10.5 Å². The van der Waals surface area contributed by atoms with Crippen molar-refractivity contribution >= 4 is 0 Å². The van der Waals surface area contributed by atoms with Gasteiger partial charge in [-0.25, -0.2) is 0 Å². The second-order valence-corrected chi connectivity index (χ2v) is 6.08. The molecule has 0 amide bonds. The fraction of sp³-hybridized carbons (Fsp3) is 1.00. The van der Waals surface area contributed by atoms with E-state index < -0.39 is 0 Å². The maximum Gasteiger partial charge on any atom is 0.0594 e. The quantitative estimate of drug-likeness (QED) is 0.793. The molecule has 4 nitrogen and oxygen atoms in total. The van der Waals surface area contributed by atoms with Gasteiger partial charge in [-0.1, -0.05) is 6.42 Å². The summed E-state index contributed by atoms with van der Waals surface area (Å²) in [4.78, 5) is 5.29. The molecule has 2 heterocycles. The van der Waals surface area contributed by atoms with Crippen molar-refractivity contribution in [3.05, 3.63) is 0 Å². The summed E-state index contributed by atoms with van der Waals surface area (Å²) in [6.07, 6.45) is 5.55. The van der Waals surface area contributed by atoms with Crippen molar-refractivity contribution in [3.8, 4) is 0 Å². The van der Waals surface area contributed by atoms with Crippen LogP contribution in [0.4, 0.5) is 0 Å². The lowest BCUT2D eigenvalue weighted by atomic mass is 9.79. The molecule has 1 saturated carbocycles. The number of hydrogen-bond donors (Lipinski definition) is 1. The third-order valence-corrected chi connectivity index (χ3v) is 5.16. The van der Waals surface area contributed by atoms with E-state index in [-0.39, 0.29) is 0 Å². The van der Waals surface area contributed by atoms with Crippen LogP contribution in [0, 0.1) is 5.92 Å². The van der Waals surface area contributed by atoms with E-state index in [0.29, 0.717) is 6.04 Å². The summed E-state index contributed by atoms with van der Waals surface area (Å²) in [5.41, 5.74) is 6.01. The van der Waals surface area contributed by atoms with E-state index in [1.54, 1.807) is 0 Å². The molecule has 0 aromatic rings. The standard InChI is InChI=1S/C14H27N3O/c15-10-14(12-2-1-3-12)17-5-4-13(11-17)16-6-8-18-9-7-16/h12-14H,1-11,15H2. The Labute approximate surface area is 110 Å². The first kappa shape index (κ1) is 12.9. The Kier molecular flexibility index (Phi) is 4.19. The number of nitrogens with zero attached hydrogens (tertiary/aromatic N) is 2. The van der Waals surface area contributed by atoms with Crippen molar-refractivity contribution < 1.29 is 4.74 Å². The minimum atomic E-state index is 0.657. The zero-order valence-corrected chi connectivity index (χ0v) is 11.4. The minimum Gasteiger partial charge on any atom is -0.379 e. The highest BCUT2D eigenvalue weighted by Crippen LogP contribution is 2.33. The molecule has 2 N–H and O–H groups in total. The van der Waals surface area contributed by atoms with Crippen LogP contribution in [0.3, 0.4) is 0 Å². The Morgan fingerprint density at radius 2 is 1.89 bits per heavy atom. The van der Waals surface area contributed by atoms with Gasteiger partial charge in [0.1, 0.15) is 0 Å². The first-order valence-corrected chi connectivity index (χ1v) is 7.64. The smallest absolute Gasteiger partial charge is 0.0594 e. The lowest BCUT2D eigenvalue weighted by Crippen LogP contribution is -2.49. The van der Waals surface area contributed by atoms with Gasteiger partial charge in [-0.15, -0.1) is 0 Å². The molecule has 2 aliphatic heterocycles. The summed E-state index contributed by atoms with van der Waals surface area (Å²) in [6, 6.07) is 1.41. The Hall–Kier alpha value is -0.160. The topological polar surface area (TPSA) is 41.7 Å². The number of ether oxygens (including phenoxy) is 1. The number of nitrogens with two attached hydrogens (primary N) is 1. The van der Waals surface area contributed by atoms with Gasteiger partial charge in [0.25, 0.3) is 0 Å². The molecule has 2 unspecified atom stereocenters. The van der Waals surface area contributed by atoms with Gasteiger partial charge in [0, 0.05) is 44.8 Å². The third-order valence-electron chi connectivity index (χ3n) is 5.16. The Morgan fingerprint density at radius 1 is 1.11 bits per heavy atom. The predicted molar refractivity (Wildman–Crippen MR) is 72.6 cm³/mol. The van der Waals surface area contributed by atoms with Gasteiger partial charge in [0.05, 0.1) is 13.2 Å². The van der Waals surface area contributed by atoms with Crippen molar-refractivity contribution in [2.45, 2.75) is 37.8 Å². The Morgan fingerprint density at radius 3 is 2.50 bits per heavy atom. The van der Waals surface area contributed by atoms with Crippen molar-refractivity contribution in [1.29, 1.82) is 0 Å². The van der Waals surface area contributed by atoms with E-state index in [2.05, 4.69) is 9.80 Å². The lowest BCUT2D eigenvalue weighted by molar-refractivity contribution is 0.0159. The van der Waals surface area contributed by atoms with Crippen LogP contribution >= 0.6 is 0 Å². The Bertz CT molecular complexity index is 264.